The maximum atomic E-state index is 13.4. The van der Waals surface area contributed by atoms with Crippen LogP contribution in [-0.2, 0) is 6.61 Å². The third-order valence-electron chi connectivity index (χ3n) is 6.27. The fourth-order valence-electron chi connectivity index (χ4n) is 4.04. The van der Waals surface area contributed by atoms with E-state index in [0.717, 1.165) is 0 Å². The molecule has 0 unspecified atom stereocenters. The lowest BCUT2D eigenvalue weighted by molar-refractivity contribution is -0.386. The van der Waals surface area contributed by atoms with Gasteiger partial charge in [-0.3, -0.25) is 25.0 Å². The number of benzene rings is 3. The molecule has 0 N–H and O–H groups in total. The lowest BCUT2D eigenvalue weighted by Gasteiger charge is -2.14. The number of rotatable bonds is 11. The van der Waals surface area contributed by atoms with Gasteiger partial charge in [0.1, 0.15) is 12.4 Å². The minimum Gasteiger partial charge on any atom is -0.490 e. The van der Waals surface area contributed by atoms with Crippen LogP contribution in [0.25, 0.3) is 10.9 Å². The fraction of sp³-hybridized carbons (Fsp3) is 0.250. The maximum Gasteiger partial charge on any atom is 0.315 e. The monoisotopic (exact) mass is 623 g/mol. The van der Waals surface area contributed by atoms with Gasteiger partial charge in [-0.1, -0.05) is 41.9 Å². The largest absolute Gasteiger partial charge is 0.490 e. The highest BCUT2D eigenvalue weighted by atomic mass is 79.9. The van der Waals surface area contributed by atoms with Gasteiger partial charge in [0.25, 0.3) is 11.2 Å². The topological polar surface area (TPSA) is 152 Å². The molecule has 13 heteroatoms. The normalized spacial score (nSPS) is 12.0. The molecule has 0 fully saturated rings. The van der Waals surface area contributed by atoms with Gasteiger partial charge in [-0.25, -0.2) is 4.98 Å². The number of hydrogen-bond acceptors (Lipinski definition) is 9. The summed E-state index contributed by atoms with van der Waals surface area (Å²) in [6.45, 7) is 5.65. The van der Waals surface area contributed by atoms with Crippen LogP contribution in [-0.4, -0.2) is 32.3 Å². The van der Waals surface area contributed by atoms with Crippen LogP contribution in [0.3, 0.4) is 0 Å². The summed E-state index contributed by atoms with van der Waals surface area (Å²) in [5.41, 5.74) is 0.393. The molecule has 212 valence electrons. The highest BCUT2D eigenvalue weighted by Gasteiger charge is 2.23. The highest BCUT2D eigenvalue weighted by Crippen LogP contribution is 2.39. The molecule has 12 nitrogen and oxygen atoms in total. The molecule has 1 atom stereocenters. The maximum absolute atomic E-state index is 13.4. The number of hydrogen-bond donors (Lipinski definition) is 0. The molecule has 0 bridgehead atoms. The summed E-state index contributed by atoms with van der Waals surface area (Å²) >= 11 is 3.38. The molecule has 0 aliphatic carbocycles. The average molecular weight is 624 g/mol. The SMILES string of the molecule is CCOc1cc(C=Nn2c([C@@H](C)CC)nc3ccc(Br)cc3c2=O)cc([N+](=O)[O-])c1OCc1cccc([N+](=O)[O-])c1. The van der Waals surface area contributed by atoms with Gasteiger partial charge in [-0.05, 0) is 43.2 Å². The number of non-ortho nitro benzene ring substituents is 1. The first-order chi connectivity index (χ1) is 19.6. The van der Waals surface area contributed by atoms with Crippen LogP contribution in [0.15, 0.2) is 69.0 Å². The summed E-state index contributed by atoms with van der Waals surface area (Å²) < 4.78 is 13.3. The number of halogens is 1. The van der Waals surface area contributed by atoms with E-state index in [1.165, 1.54) is 41.2 Å². The van der Waals surface area contributed by atoms with Crippen molar-refractivity contribution in [2.24, 2.45) is 5.10 Å². The van der Waals surface area contributed by atoms with E-state index in [1.807, 2.05) is 13.8 Å². The summed E-state index contributed by atoms with van der Waals surface area (Å²) in [7, 11) is 0. The Morgan fingerprint density at radius 2 is 1.85 bits per heavy atom. The van der Waals surface area contributed by atoms with E-state index in [4.69, 9.17) is 9.47 Å². The molecule has 0 spiro atoms. The molecule has 4 rings (SSSR count). The average Bonchev–Trinajstić information content (AvgIpc) is 2.95. The van der Waals surface area contributed by atoms with Crippen molar-refractivity contribution in [2.75, 3.05) is 6.61 Å². The zero-order valence-electron chi connectivity index (χ0n) is 22.4. The van der Waals surface area contributed by atoms with E-state index >= 15 is 0 Å². The molecule has 41 heavy (non-hydrogen) atoms. The fourth-order valence-corrected chi connectivity index (χ4v) is 4.41. The first-order valence-electron chi connectivity index (χ1n) is 12.7. The smallest absolute Gasteiger partial charge is 0.315 e. The Bertz CT molecular complexity index is 1720. The van der Waals surface area contributed by atoms with Gasteiger partial charge >= 0.3 is 5.69 Å². The zero-order chi connectivity index (χ0) is 29.7. The van der Waals surface area contributed by atoms with E-state index in [0.29, 0.717) is 38.7 Å². The third kappa shape index (κ3) is 6.57. The molecule has 0 aliphatic rings. The van der Waals surface area contributed by atoms with Gasteiger partial charge < -0.3 is 9.47 Å². The molecule has 0 saturated heterocycles. The second-order valence-corrected chi connectivity index (χ2v) is 9.99. The van der Waals surface area contributed by atoms with Crippen LogP contribution in [0.4, 0.5) is 11.4 Å². The molecule has 1 heterocycles. The Labute approximate surface area is 242 Å². The molecule has 4 aromatic rings. The number of aromatic nitrogens is 2. The van der Waals surface area contributed by atoms with Crippen molar-refractivity contribution in [3.05, 3.63) is 107 Å². The lowest BCUT2D eigenvalue weighted by Crippen LogP contribution is -2.23. The minimum absolute atomic E-state index is 0.0867. The van der Waals surface area contributed by atoms with Crippen molar-refractivity contribution >= 4 is 44.4 Å². The van der Waals surface area contributed by atoms with Crippen molar-refractivity contribution in [3.8, 4) is 11.5 Å². The molecule has 0 saturated carbocycles. The standard InChI is InChI=1S/C28H26BrN5O7/c1-4-17(3)27-31-23-10-9-20(29)14-22(23)28(35)32(27)30-15-19-12-24(34(38)39)26(25(13-19)40-5-2)41-16-18-7-6-8-21(11-18)33(36)37/h6-15,17H,4-5,16H2,1-3H3/t17-/m0/s1. The van der Waals surface area contributed by atoms with E-state index in [-0.39, 0.29) is 41.9 Å². The van der Waals surface area contributed by atoms with Crippen LogP contribution in [0, 0.1) is 20.2 Å². The summed E-state index contributed by atoms with van der Waals surface area (Å²) in [5.74, 6) is 0.324. The van der Waals surface area contributed by atoms with Gasteiger partial charge in [0.15, 0.2) is 5.75 Å². The Kier molecular flexibility index (Phi) is 9.07. The summed E-state index contributed by atoms with van der Waals surface area (Å²) in [6, 6.07) is 13.8. The predicted molar refractivity (Wildman–Crippen MR) is 157 cm³/mol. The van der Waals surface area contributed by atoms with Crippen LogP contribution < -0.4 is 15.0 Å². The van der Waals surface area contributed by atoms with E-state index in [1.54, 1.807) is 31.2 Å². The summed E-state index contributed by atoms with van der Waals surface area (Å²) in [4.78, 5) is 40.1. The Morgan fingerprint density at radius 1 is 1.07 bits per heavy atom. The first kappa shape index (κ1) is 29.3. The number of nitrogens with zero attached hydrogens (tertiary/aromatic N) is 5. The summed E-state index contributed by atoms with van der Waals surface area (Å²) in [5, 5.41) is 27.9. The van der Waals surface area contributed by atoms with Crippen LogP contribution >= 0.6 is 15.9 Å². The minimum atomic E-state index is -0.617. The van der Waals surface area contributed by atoms with Gasteiger partial charge in [-0.2, -0.15) is 9.78 Å². The molecule has 0 aliphatic heterocycles. The van der Waals surface area contributed by atoms with E-state index in [2.05, 4.69) is 26.0 Å². The van der Waals surface area contributed by atoms with Crippen molar-refractivity contribution in [1.82, 2.24) is 9.66 Å². The first-order valence-corrected chi connectivity index (χ1v) is 13.5. The molecule has 1 aromatic heterocycles. The van der Waals surface area contributed by atoms with Crippen molar-refractivity contribution in [1.29, 1.82) is 0 Å². The molecular formula is C28H26BrN5O7. The predicted octanol–water partition coefficient (Wildman–Crippen LogP) is 6.35. The number of fused-ring (bicyclic) bond motifs is 1. The van der Waals surface area contributed by atoms with Gasteiger partial charge in [-0.15, -0.1) is 0 Å². The Balaban J connectivity index is 1.77. The molecular weight excluding hydrogens is 598 g/mol. The summed E-state index contributed by atoms with van der Waals surface area (Å²) in [6.07, 6.45) is 2.04. The van der Waals surface area contributed by atoms with Crippen molar-refractivity contribution in [3.63, 3.8) is 0 Å². The number of nitro benzene ring substituents is 2. The van der Waals surface area contributed by atoms with Crippen LogP contribution in [0.2, 0.25) is 0 Å². The highest BCUT2D eigenvalue weighted by molar-refractivity contribution is 9.10. The Hall–Kier alpha value is -4.65. The van der Waals surface area contributed by atoms with Crippen molar-refractivity contribution < 1.29 is 19.3 Å². The van der Waals surface area contributed by atoms with E-state index in [9.17, 15) is 25.0 Å². The third-order valence-corrected chi connectivity index (χ3v) is 6.76. The van der Waals surface area contributed by atoms with Gasteiger partial charge in [0, 0.05) is 34.2 Å². The van der Waals surface area contributed by atoms with Gasteiger partial charge in [0.2, 0.25) is 5.75 Å². The van der Waals surface area contributed by atoms with E-state index < -0.39 is 15.5 Å². The zero-order valence-corrected chi connectivity index (χ0v) is 24.0. The Morgan fingerprint density at radius 3 is 2.54 bits per heavy atom. The molecule has 0 radical (unpaired) electrons. The quantitative estimate of drug-likeness (QED) is 0.106. The number of nitro groups is 2. The van der Waals surface area contributed by atoms with Crippen LogP contribution in [0.5, 0.6) is 11.5 Å². The number of ether oxygens (including phenoxy) is 2. The van der Waals surface area contributed by atoms with Crippen LogP contribution in [0.1, 0.15) is 50.1 Å². The van der Waals surface area contributed by atoms with Gasteiger partial charge in [0.05, 0.1) is 33.6 Å². The lowest BCUT2D eigenvalue weighted by atomic mass is 10.1. The molecule has 0 amide bonds. The van der Waals surface area contributed by atoms with Crippen molar-refractivity contribution in [2.45, 2.75) is 39.7 Å². The molecule has 3 aromatic carbocycles. The second-order valence-electron chi connectivity index (χ2n) is 9.08. The second kappa shape index (κ2) is 12.7.